The number of nitrogens with two attached hydrogens (primary N) is 1. The van der Waals surface area contributed by atoms with Gasteiger partial charge in [-0.15, -0.1) is 0 Å². The van der Waals surface area contributed by atoms with E-state index in [0.717, 1.165) is 15.6 Å². The van der Waals surface area contributed by atoms with Crippen LogP contribution in [0.15, 0.2) is 52.5 Å². The van der Waals surface area contributed by atoms with Crippen molar-refractivity contribution in [1.82, 2.24) is 0 Å². The second-order valence-corrected chi connectivity index (χ2v) is 5.73. The van der Waals surface area contributed by atoms with E-state index in [9.17, 15) is 4.79 Å². The number of carbonyl (C=O) groups is 1. The molecule has 2 aromatic carbocycles. The van der Waals surface area contributed by atoms with Crippen molar-refractivity contribution >= 4 is 27.9 Å². The Bertz CT molecular complexity index is 807. The standard InChI is InChI=1S/C18H15BrN2O2/c1-23-17-9-12(8-15(11-20)18(21)22)6-7-14(17)10-13-4-2-3-5-16(13)19/h2-9H,10H2,1H3,(H2,21,22)/b15-8+. The van der Waals surface area contributed by atoms with Crippen LogP contribution in [-0.2, 0) is 11.2 Å². The van der Waals surface area contributed by atoms with E-state index in [2.05, 4.69) is 15.9 Å². The van der Waals surface area contributed by atoms with Gasteiger partial charge in [-0.1, -0.05) is 46.3 Å². The molecule has 0 aromatic heterocycles. The minimum absolute atomic E-state index is 0.0920. The van der Waals surface area contributed by atoms with Gasteiger partial charge in [0.05, 0.1) is 7.11 Å². The number of nitrogens with zero attached hydrogens (tertiary/aromatic N) is 1. The molecule has 0 saturated heterocycles. The second-order valence-electron chi connectivity index (χ2n) is 4.87. The quantitative estimate of drug-likeness (QED) is 0.646. The fourth-order valence-electron chi connectivity index (χ4n) is 2.17. The van der Waals surface area contributed by atoms with E-state index in [1.165, 1.54) is 6.08 Å². The summed E-state index contributed by atoms with van der Waals surface area (Å²) in [6, 6.07) is 15.3. The van der Waals surface area contributed by atoms with Crippen LogP contribution in [0.2, 0.25) is 0 Å². The molecule has 0 aliphatic heterocycles. The van der Waals surface area contributed by atoms with Crippen LogP contribution in [0.4, 0.5) is 0 Å². The average molecular weight is 371 g/mol. The summed E-state index contributed by atoms with van der Waals surface area (Å²) >= 11 is 3.53. The van der Waals surface area contributed by atoms with Gasteiger partial charge in [-0.25, -0.2) is 0 Å². The summed E-state index contributed by atoms with van der Waals surface area (Å²) < 4.78 is 6.46. The molecule has 0 aliphatic rings. The van der Waals surface area contributed by atoms with Gasteiger partial charge >= 0.3 is 0 Å². The van der Waals surface area contributed by atoms with Gasteiger partial charge in [0.25, 0.3) is 5.91 Å². The fraction of sp³-hybridized carbons (Fsp3) is 0.111. The molecule has 0 fully saturated rings. The van der Waals surface area contributed by atoms with Gasteiger partial charge in [-0.05, 0) is 34.9 Å². The van der Waals surface area contributed by atoms with Crippen LogP contribution >= 0.6 is 15.9 Å². The number of nitriles is 1. The molecule has 0 bridgehead atoms. The Morgan fingerprint density at radius 1 is 1.30 bits per heavy atom. The third-order valence-electron chi connectivity index (χ3n) is 3.35. The first-order valence-corrected chi connectivity index (χ1v) is 7.66. The van der Waals surface area contributed by atoms with Gasteiger partial charge < -0.3 is 10.5 Å². The zero-order valence-electron chi connectivity index (χ0n) is 12.5. The smallest absolute Gasteiger partial charge is 0.259 e. The molecular weight excluding hydrogens is 356 g/mol. The van der Waals surface area contributed by atoms with Crippen molar-refractivity contribution in [2.75, 3.05) is 7.11 Å². The van der Waals surface area contributed by atoms with Crippen molar-refractivity contribution in [1.29, 1.82) is 5.26 Å². The number of primary amides is 1. The molecule has 23 heavy (non-hydrogen) atoms. The number of carbonyl (C=O) groups excluding carboxylic acids is 1. The molecule has 0 radical (unpaired) electrons. The van der Waals surface area contributed by atoms with Crippen LogP contribution in [0.25, 0.3) is 6.08 Å². The summed E-state index contributed by atoms with van der Waals surface area (Å²) in [7, 11) is 1.59. The number of halogens is 1. The van der Waals surface area contributed by atoms with Crippen molar-refractivity contribution in [2.45, 2.75) is 6.42 Å². The van der Waals surface area contributed by atoms with Crippen LogP contribution in [-0.4, -0.2) is 13.0 Å². The Balaban J connectivity index is 2.36. The number of ether oxygens (including phenoxy) is 1. The summed E-state index contributed by atoms with van der Waals surface area (Å²) in [4.78, 5) is 11.1. The predicted octanol–water partition coefficient (Wildman–Crippen LogP) is 3.44. The van der Waals surface area contributed by atoms with Gasteiger partial charge in [0, 0.05) is 10.9 Å². The van der Waals surface area contributed by atoms with Crippen LogP contribution in [0.5, 0.6) is 5.75 Å². The third-order valence-corrected chi connectivity index (χ3v) is 4.12. The SMILES string of the molecule is COc1cc(/C=C(\C#N)C(N)=O)ccc1Cc1ccccc1Br. The lowest BCUT2D eigenvalue weighted by atomic mass is 10.0. The minimum Gasteiger partial charge on any atom is -0.496 e. The van der Waals surface area contributed by atoms with Crippen LogP contribution in [0.1, 0.15) is 16.7 Å². The maximum atomic E-state index is 11.1. The average Bonchev–Trinajstić information content (AvgIpc) is 2.55. The highest BCUT2D eigenvalue weighted by atomic mass is 79.9. The van der Waals surface area contributed by atoms with E-state index >= 15 is 0 Å². The maximum Gasteiger partial charge on any atom is 0.259 e. The number of hydrogen-bond donors (Lipinski definition) is 1. The summed E-state index contributed by atoms with van der Waals surface area (Å²) in [5, 5.41) is 8.91. The summed E-state index contributed by atoms with van der Waals surface area (Å²) in [6.45, 7) is 0. The zero-order chi connectivity index (χ0) is 16.8. The van der Waals surface area contributed by atoms with Gasteiger partial charge in [0.15, 0.2) is 0 Å². The molecule has 1 amide bonds. The molecule has 0 unspecified atom stereocenters. The molecular formula is C18H15BrN2O2. The minimum atomic E-state index is -0.747. The zero-order valence-corrected chi connectivity index (χ0v) is 14.1. The Morgan fingerprint density at radius 2 is 2.04 bits per heavy atom. The van der Waals surface area contributed by atoms with Crippen molar-refractivity contribution in [2.24, 2.45) is 5.73 Å². The third kappa shape index (κ3) is 4.21. The number of rotatable bonds is 5. The van der Waals surface area contributed by atoms with Crippen LogP contribution in [0, 0.1) is 11.3 Å². The van der Waals surface area contributed by atoms with Crippen molar-refractivity contribution in [3.8, 4) is 11.8 Å². The Kier molecular flexibility index (Phi) is 5.56. The van der Waals surface area contributed by atoms with Crippen molar-refractivity contribution in [3.63, 3.8) is 0 Å². The summed E-state index contributed by atoms with van der Waals surface area (Å²) in [6.07, 6.45) is 2.16. The second kappa shape index (κ2) is 7.61. The Labute approximate surface area is 143 Å². The van der Waals surface area contributed by atoms with Gasteiger partial charge in [-0.3, -0.25) is 4.79 Å². The molecule has 0 saturated carbocycles. The monoisotopic (exact) mass is 370 g/mol. The predicted molar refractivity (Wildman–Crippen MR) is 92.7 cm³/mol. The van der Waals surface area contributed by atoms with Gasteiger partial charge in [-0.2, -0.15) is 5.26 Å². The Hall–Kier alpha value is -2.58. The number of benzene rings is 2. The maximum absolute atomic E-state index is 11.1. The molecule has 0 atom stereocenters. The molecule has 2 rings (SSSR count). The van der Waals surface area contributed by atoms with Gasteiger partial charge in [0.1, 0.15) is 17.4 Å². The first kappa shape index (κ1) is 16.8. The number of methoxy groups -OCH3 is 1. The molecule has 2 N–H and O–H groups in total. The first-order valence-electron chi connectivity index (χ1n) is 6.87. The van der Waals surface area contributed by atoms with E-state index in [1.807, 2.05) is 36.4 Å². The molecule has 4 nitrogen and oxygen atoms in total. The number of hydrogen-bond acceptors (Lipinski definition) is 3. The molecule has 5 heteroatoms. The lowest BCUT2D eigenvalue weighted by molar-refractivity contribution is -0.114. The lowest BCUT2D eigenvalue weighted by Crippen LogP contribution is -2.12. The first-order chi connectivity index (χ1) is 11.0. The highest BCUT2D eigenvalue weighted by Gasteiger charge is 2.09. The Morgan fingerprint density at radius 3 is 2.65 bits per heavy atom. The topological polar surface area (TPSA) is 76.1 Å². The lowest BCUT2D eigenvalue weighted by Gasteiger charge is -2.11. The van der Waals surface area contributed by atoms with E-state index in [4.69, 9.17) is 15.7 Å². The van der Waals surface area contributed by atoms with E-state index in [-0.39, 0.29) is 5.57 Å². The normalized spacial score (nSPS) is 10.9. The van der Waals surface area contributed by atoms with E-state index in [1.54, 1.807) is 19.2 Å². The van der Waals surface area contributed by atoms with Crippen molar-refractivity contribution < 1.29 is 9.53 Å². The highest BCUT2D eigenvalue weighted by Crippen LogP contribution is 2.27. The van der Waals surface area contributed by atoms with Crippen LogP contribution in [0.3, 0.4) is 0 Å². The van der Waals surface area contributed by atoms with E-state index in [0.29, 0.717) is 17.7 Å². The summed E-state index contributed by atoms with van der Waals surface area (Å²) in [5.74, 6) is -0.0555. The molecule has 2 aromatic rings. The number of amides is 1. The summed E-state index contributed by atoms with van der Waals surface area (Å²) in [5.41, 5.74) is 7.90. The fourth-order valence-corrected chi connectivity index (χ4v) is 2.59. The van der Waals surface area contributed by atoms with Crippen LogP contribution < -0.4 is 10.5 Å². The molecule has 0 heterocycles. The largest absolute Gasteiger partial charge is 0.496 e. The van der Waals surface area contributed by atoms with Gasteiger partial charge in [0.2, 0.25) is 0 Å². The molecule has 0 spiro atoms. The van der Waals surface area contributed by atoms with E-state index < -0.39 is 5.91 Å². The molecule has 116 valence electrons. The highest BCUT2D eigenvalue weighted by molar-refractivity contribution is 9.10. The van der Waals surface area contributed by atoms with Crippen molar-refractivity contribution in [3.05, 3.63) is 69.2 Å². The molecule has 0 aliphatic carbocycles.